The zero-order chi connectivity index (χ0) is 13.0. The first-order chi connectivity index (χ1) is 9.27. The summed E-state index contributed by atoms with van der Waals surface area (Å²) in [4.78, 5) is 0. The Morgan fingerprint density at radius 1 is 0.900 bits per heavy atom. The van der Waals surface area contributed by atoms with Crippen LogP contribution < -0.4 is 28.5 Å². The number of rotatable bonds is 0. The van der Waals surface area contributed by atoms with E-state index in [1.807, 2.05) is 0 Å². The summed E-state index contributed by atoms with van der Waals surface area (Å²) in [5.41, 5.74) is 5.13. The second-order valence-corrected chi connectivity index (χ2v) is 5.07. The minimum Gasteiger partial charge on any atom is -1.00 e. The maximum atomic E-state index is 2.30. The Labute approximate surface area is 134 Å². The van der Waals surface area contributed by atoms with Crippen molar-refractivity contribution in [3.8, 4) is 0 Å². The molecule has 2 aromatic carbocycles. The van der Waals surface area contributed by atoms with Crippen LogP contribution in [-0.4, -0.2) is 4.57 Å². The van der Waals surface area contributed by atoms with Crippen LogP contribution in [-0.2, 0) is 14.1 Å². The van der Waals surface area contributed by atoms with Gasteiger partial charge in [-0.3, -0.25) is 0 Å². The lowest BCUT2D eigenvalue weighted by Gasteiger charge is -2.00. The van der Waals surface area contributed by atoms with Crippen molar-refractivity contribution in [2.45, 2.75) is 0 Å². The Morgan fingerprint density at radius 3 is 2.45 bits per heavy atom. The van der Waals surface area contributed by atoms with Gasteiger partial charge in [-0.2, -0.15) is 4.57 Å². The molecule has 2 nitrogen and oxygen atoms in total. The van der Waals surface area contributed by atoms with Crippen LogP contribution in [0.5, 0.6) is 0 Å². The Morgan fingerprint density at radius 2 is 1.60 bits per heavy atom. The van der Waals surface area contributed by atoms with Crippen LogP contribution in [0.2, 0.25) is 0 Å². The van der Waals surface area contributed by atoms with Gasteiger partial charge in [-0.15, -0.1) is 0 Å². The zero-order valence-electron chi connectivity index (χ0n) is 11.5. The zero-order valence-corrected chi connectivity index (χ0v) is 13.6. The molecule has 0 fully saturated rings. The predicted octanol–water partition coefficient (Wildman–Crippen LogP) is 0.313. The minimum atomic E-state index is 0. The van der Waals surface area contributed by atoms with Gasteiger partial charge in [0.1, 0.15) is 12.6 Å². The lowest BCUT2D eigenvalue weighted by atomic mass is 10.1. The highest BCUT2D eigenvalue weighted by Crippen LogP contribution is 2.27. The van der Waals surface area contributed by atoms with E-state index in [0.29, 0.717) is 0 Å². The standard InChI is InChI=1S/C17H15N2.HI/c1-18-15-10-6-4-8-13(15)17-16(18)11-12-7-3-5-9-14(12)19(17)2;/h3-11H,1-2H3;1H/q+1;/p-1. The van der Waals surface area contributed by atoms with E-state index in [2.05, 4.69) is 77.8 Å². The van der Waals surface area contributed by atoms with E-state index >= 15 is 0 Å². The van der Waals surface area contributed by atoms with Crippen molar-refractivity contribution in [2.24, 2.45) is 14.1 Å². The molecule has 0 saturated heterocycles. The van der Waals surface area contributed by atoms with E-state index in [1.165, 1.54) is 32.8 Å². The van der Waals surface area contributed by atoms with Crippen LogP contribution in [0.4, 0.5) is 0 Å². The summed E-state index contributed by atoms with van der Waals surface area (Å²) in [6, 6.07) is 19.4. The summed E-state index contributed by atoms with van der Waals surface area (Å²) in [7, 11) is 4.29. The molecule has 2 aromatic heterocycles. The largest absolute Gasteiger partial charge is 1.00 e. The van der Waals surface area contributed by atoms with Crippen LogP contribution in [0.1, 0.15) is 0 Å². The van der Waals surface area contributed by atoms with E-state index in [4.69, 9.17) is 0 Å². The Kier molecular flexibility index (Phi) is 3.17. The maximum absolute atomic E-state index is 2.30. The third kappa shape index (κ3) is 1.66. The Hall–Kier alpha value is -1.62. The van der Waals surface area contributed by atoms with Crippen molar-refractivity contribution < 1.29 is 28.5 Å². The minimum absolute atomic E-state index is 0. The highest BCUT2D eigenvalue weighted by molar-refractivity contribution is 6.06. The van der Waals surface area contributed by atoms with Crippen molar-refractivity contribution >= 4 is 32.8 Å². The van der Waals surface area contributed by atoms with Crippen molar-refractivity contribution in [2.75, 3.05) is 0 Å². The molecular formula is C17H15IN2. The molecule has 0 aliphatic heterocycles. The molecule has 0 N–H and O–H groups in total. The maximum Gasteiger partial charge on any atom is 0.238 e. The number of benzene rings is 2. The van der Waals surface area contributed by atoms with E-state index in [0.717, 1.165) is 0 Å². The number of aromatic nitrogens is 2. The molecule has 100 valence electrons. The fraction of sp³-hybridized carbons (Fsp3) is 0.118. The van der Waals surface area contributed by atoms with Gasteiger partial charge in [-0.05, 0) is 24.3 Å². The third-order valence-corrected chi connectivity index (χ3v) is 4.05. The summed E-state index contributed by atoms with van der Waals surface area (Å²) < 4.78 is 4.57. The summed E-state index contributed by atoms with van der Waals surface area (Å²) in [5.74, 6) is 0. The van der Waals surface area contributed by atoms with Crippen LogP contribution in [0.3, 0.4) is 0 Å². The topological polar surface area (TPSA) is 8.81 Å². The van der Waals surface area contributed by atoms with Gasteiger partial charge in [0, 0.05) is 18.5 Å². The van der Waals surface area contributed by atoms with Gasteiger partial charge < -0.3 is 28.5 Å². The van der Waals surface area contributed by atoms with Crippen LogP contribution in [0, 0.1) is 0 Å². The molecule has 3 heteroatoms. The average Bonchev–Trinajstić information content (AvgIpc) is 2.74. The molecule has 0 amide bonds. The first-order valence-corrected chi connectivity index (χ1v) is 6.52. The molecule has 0 spiro atoms. The molecule has 0 saturated carbocycles. The van der Waals surface area contributed by atoms with Crippen LogP contribution in [0.25, 0.3) is 32.8 Å². The van der Waals surface area contributed by atoms with Gasteiger partial charge in [-0.25, -0.2) is 0 Å². The van der Waals surface area contributed by atoms with Gasteiger partial charge in [0.2, 0.25) is 11.0 Å². The fourth-order valence-electron chi connectivity index (χ4n) is 3.09. The number of hydrogen-bond donors (Lipinski definition) is 0. The van der Waals surface area contributed by atoms with Crippen molar-refractivity contribution in [1.29, 1.82) is 0 Å². The number of halogens is 1. The molecule has 0 bridgehead atoms. The lowest BCUT2D eigenvalue weighted by Crippen LogP contribution is -3.00. The predicted molar refractivity (Wildman–Crippen MR) is 79.1 cm³/mol. The van der Waals surface area contributed by atoms with Crippen LogP contribution in [0.15, 0.2) is 54.6 Å². The molecule has 0 atom stereocenters. The number of nitrogens with zero attached hydrogens (tertiary/aromatic N) is 2. The number of fused-ring (bicyclic) bond motifs is 4. The molecule has 4 rings (SSSR count). The number of para-hydroxylation sites is 2. The van der Waals surface area contributed by atoms with Gasteiger partial charge >= 0.3 is 0 Å². The summed E-state index contributed by atoms with van der Waals surface area (Å²) in [5, 5.41) is 2.59. The molecule has 20 heavy (non-hydrogen) atoms. The van der Waals surface area contributed by atoms with E-state index in [1.54, 1.807) is 0 Å². The van der Waals surface area contributed by atoms with Gasteiger partial charge in [0.25, 0.3) is 0 Å². The smallest absolute Gasteiger partial charge is 0.238 e. The van der Waals surface area contributed by atoms with Gasteiger partial charge in [0.15, 0.2) is 0 Å². The van der Waals surface area contributed by atoms with Crippen molar-refractivity contribution in [3.63, 3.8) is 0 Å². The van der Waals surface area contributed by atoms with E-state index in [9.17, 15) is 0 Å². The molecule has 2 heterocycles. The lowest BCUT2D eigenvalue weighted by molar-refractivity contribution is -0.616. The quantitative estimate of drug-likeness (QED) is 0.310. The third-order valence-electron chi connectivity index (χ3n) is 4.05. The molecular weight excluding hydrogens is 359 g/mol. The van der Waals surface area contributed by atoms with Crippen molar-refractivity contribution in [1.82, 2.24) is 4.57 Å². The van der Waals surface area contributed by atoms with Crippen LogP contribution >= 0.6 is 0 Å². The second kappa shape index (κ2) is 4.74. The summed E-state index contributed by atoms with van der Waals surface area (Å²) in [6.07, 6.45) is 0. The second-order valence-electron chi connectivity index (χ2n) is 5.07. The average molecular weight is 374 g/mol. The summed E-state index contributed by atoms with van der Waals surface area (Å²) in [6.45, 7) is 0. The normalized spacial score (nSPS) is 11.1. The van der Waals surface area contributed by atoms with E-state index in [-0.39, 0.29) is 24.0 Å². The number of pyridine rings is 1. The number of hydrogen-bond acceptors (Lipinski definition) is 0. The highest BCUT2D eigenvalue weighted by atomic mass is 127. The molecule has 0 aliphatic rings. The monoisotopic (exact) mass is 374 g/mol. The number of aryl methyl sites for hydroxylation is 2. The van der Waals surface area contributed by atoms with Gasteiger partial charge in [0.05, 0.1) is 10.9 Å². The molecule has 4 aromatic rings. The van der Waals surface area contributed by atoms with E-state index < -0.39 is 0 Å². The molecule has 0 aliphatic carbocycles. The molecule has 0 unspecified atom stereocenters. The van der Waals surface area contributed by atoms with Gasteiger partial charge in [-0.1, -0.05) is 24.3 Å². The SMILES string of the molecule is Cn1c2ccccc2c2c1cc1ccccc1[n+]2C.[I-]. The first-order valence-electron chi connectivity index (χ1n) is 6.52. The molecule has 0 radical (unpaired) electrons. The highest BCUT2D eigenvalue weighted by Gasteiger charge is 2.18. The summed E-state index contributed by atoms with van der Waals surface area (Å²) >= 11 is 0. The first kappa shape index (κ1) is 13.4. The Balaban J connectivity index is 0.00000121. The Bertz CT molecular complexity index is 938. The van der Waals surface area contributed by atoms with Crippen molar-refractivity contribution in [3.05, 3.63) is 54.6 Å². The fourth-order valence-corrected chi connectivity index (χ4v) is 3.09.